The van der Waals surface area contributed by atoms with Gasteiger partial charge in [-0.15, -0.1) is 0 Å². The van der Waals surface area contributed by atoms with Crippen molar-refractivity contribution < 1.29 is 41.0 Å². The summed E-state index contributed by atoms with van der Waals surface area (Å²) in [5.41, 5.74) is -0.456. The molecule has 0 fully saturated rings. The van der Waals surface area contributed by atoms with Crippen molar-refractivity contribution in [2.75, 3.05) is 13.7 Å². The van der Waals surface area contributed by atoms with Gasteiger partial charge >= 0.3 is 18.1 Å². The number of esters is 1. The summed E-state index contributed by atoms with van der Waals surface area (Å²) in [4.78, 5) is 22.4. The smallest absolute Gasteiger partial charge is 0.404 e. The number of halogens is 5. The Kier molecular flexibility index (Phi) is 6.05. The molecule has 0 unspecified atom stereocenters. The Balaban J connectivity index is 2.63. The SMILES string of the molecule is COC(=O)C(F)(F)C(=O)c1ccc(OCCCC(F)(F)F)cc1. The van der Waals surface area contributed by atoms with Crippen molar-refractivity contribution in [1.82, 2.24) is 0 Å². The van der Waals surface area contributed by atoms with Crippen molar-refractivity contribution in [1.29, 1.82) is 0 Å². The molecular formula is C14H13F5O4. The van der Waals surface area contributed by atoms with Crippen molar-refractivity contribution in [3.63, 3.8) is 0 Å². The number of Topliss-reactive ketones (excluding diaryl/α,β-unsaturated/α-hetero) is 1. The summed E-state index contributed by atoms with van der Waals surface area (Å²) in [5, 5.41) is 0. The van der Waals surface area contributed by atoms with Gasteiger partial charge in [0.2, 0.25) is 5.78 Å². The van der Waals surface area contributed by atoms with Crippen LogP contribution >= 0.6 is 0 Å². The summed E-state index contributed by atoms with van der Waals surface area (Å²) in [5.74, 6) is -7.92. The van der Waals surface area contributed by atoms with Gasteiger partial charge in [-0.05, 0) is 30.7 Å². The molecule has 1 aromatic carbocycles. The molecule has 0 heterocycles. The van der Waals surface area contributed by atoms with Crippen LogP contribution in [0.15, 0.2) is 24.3 Å². The van der Waals surface area contributed by atoms with Crippen LogP contribution < -0.4 is 4.74 Å². The van der Waals surface area contributed by atoms with Crippen molar-refractivity contribution in [3.8, 4) is 5.75 Å². The zero-order valence-electron chi connectivity index (χ0n) is 12.0. The third-order valence-corrected chi connectivity index (χ3v) is 2.72. The highest BCUT2D eigenvalue weighted by molar-refractivity contribution is 6.13. The predicted molar refractivity (Wildman–Crippen MR) is 68.5 cm³/mol. The fourth-order valence-electron chi connectivity index (χ4n) is 1.57. The van der Waals surface area contributed by atoms with Gasteiger partial charge in [0.25, 0.3) is 0 Å². The molecule has 0 bridgehead atoms. The molecule has 0 saturated carbocycles. The Labute approximate surface area is 128 Å². The zero-order valence-corrected chi connectivity index (χ0v) is 12.0. The number of hydrogen-bond donors (Lipinski definition) is 0. The predicted octanol–water partition coefficient (Wildman–Crippen LogP) is 3.40. The van der Waals surface area contributed by atoms with E-state index in [1.54, 1.807) is 0 Å². The van der Waals surface area contributed by atoms with Crippen molar-refractivity contribution in [2.45, 2.75) is 24.9 Å². The van der Waals surface area contributed by atoms with Crippen LogP contribution in [-0.4, -0.2) is 37.6 Å². The molecule has 0 amide bonds. The lowest BCUT2D eigenvalue weighted by Crippen LogP contribution is -2.38. The van der Waals surface area contributed by atoms with Gasteiger partial charge in [0, 0.05) is 12.0 Å². The fraction of sp³-hybridized carbons (Fsp3) is 0.429. The van der Waals surface area contributed by atoms with Crippen LogP contribution in [0.3, 0.4) is 0 Å². The first-order chi connectivity index (χ1) is 10.6. The maximum atomic E-state index is 13.4. The Bertz CT molecular complexity index is 551. The van der Waals surface area contributed by atoms with Gasteiger partial charge in [-0.3, -0.25) is 4.79 Å². The largest absolute Gasteiger partial charge is 0.494 e. The minimum atomic E-state index is -4.32. The number of ether oxygens (including phenoxy) is 2. The van der Waals surface area contributed by atoms with Crippen LogP contribution in [0.2, 0.25) is 0 Å². The molecule has 23 heavy (non-hydrogen) atoms. The average molecular weight is 340 g/mol. The van der Waals surface area contributed by atoms with E-state index in [-0.39, 0.29) is 18.8 Å². The van der Waals surface area contributed by atoms with Crippen LogP contribution in [-0.2, 0) is 9.53 Å². The van der Waals surface area contributed by atoms with Gasteiger partial charge in [-0.1, -0.05) is 0 Å². The normalized spacial score (nSPS) is 11.9. The minimum Gasteiger partial charge on any atom is -0.494 e. The molecule has 0 radical (unpaired) electrons. The highest BCUT2D eigenvalue weighted by Gasteiger charge is 2.48. The highest BCUT2D eigenvalue weighted by atomic mass is 19.4. The number of rotatable bonds is 7. The summed E-state index contributed by atoms with van der Waals surface area (Å²) in [6.45, 7) is -0.217. The quantitative estimate of drug-likeness (QED) is 0.251. The molecule has 0 spiro atoms. The lowest BCUT2D eigenvalue weighted by atomic mass is 10.1. The van der Waals surface area contributed by atoms with E-state index in [2.05, 4.69) is 4.74 Å². The molecule has 1 rings (SSSR count). The molecule has 4 nitrogen and oxygen atoms in total. The molecule has 0 aliphatic rings. The monoisotopic (exact) mass is 340 g/mol. The number of methoxy groups -OCH3 is 1. The standard InChI is InChI=1S/C14H13F5O4/c1-22-12(21)14(18,19)11(20)9-3-5-10(6-4-9)23-8-2-7-13(15,16)17/h3-6H,2,7-8H2,1H3. The summed E-state index contributed by atoms with van der Waals surface area (Å²) in [7, 11) is 0.724. The average Bonchev–Trinajstić information content (AvgIpc) is 2.49. The molecule has 0 atom stereocenters. The van der Waals surface area contributed by atoms with Crippen molar-refractivity contribution in [3.05, 3.63) is 29.8 Å². The Morgan fingerprint density at radius 2 is 1.61 bits per heavy atom. The summed E-state index contributed by atoms with van der Waals surface area (Å²) >= 11 is 0. The highest BCUT2D eigenvalue weighted by Crippen LogP contribution is 2.24. The molecule has 0 aliphatic carbocycles. The third-order valence-electron chi connectivity index (χ3n) is 2.72. The molecular weight excluding hydrogens is 327 g/mol. The maximum Gasteiger partial charge on any atom is 0.404 e. The van der Waals surface area contributed by atoms with E-state index >= 15 is 0 Å². The number of alkyl halides is 5. The lowest BCUT2D eigenvalue weighted by Gasteiger charge is -2.12. The van der Waals surface area contributed by atoms with E-state index in [4.69, 9.17) is 4.74 Å². The van der Waals surface area contributed by atoms with Gasteiger partial charge in [-0.25, -0.2) is 4.79 Å². The number of carbonyl (C=O) groups excluding carboxylic acids is 2. The minimum absolute atomic E-state index is 0.116. The summed E-state index contributed by atoms with van der Waals surface area (Å²) in [6.07, 6.45) is -5.54. The Morgan fingerprint density at radius 1 is 1.04 bits per heavy atom. The van der Waals surface area contributed by atoms with E-state index in [9.17, 15) is 31.5 Å². The van der Waals surface area contributed by atoms with Crippen LogP contribution in [0.1, 0.15) is 23.2 Å². The Hall–Kier alpha value is -2.19. The first-order valence-electron chi connectivity index (χ1n) is 6.38. The van der Waals surface area contributed by atoms with Crippen molar-refractivity contribution >= 4 is 11.8 Å². The molecule has 128 valence electrons. The second-order valence-corrected chi connectivity index (χ2v) is 4.49. The molecule has 0 aliphatic heterocycles. The zero-order chi connectivity index (χ0) is 17.7. The topological polar surface area (TPSA) is 52.6 Å². The number of hydrogen-bond acceptors (Lipinski definition) is 4. The van der Waals surface area contributed by atoms with Crippen molar-refractivity contribution in [2.24, 2.45) is 0 Å². The number of ketones is 1. The van der Waals surface area contributed by atoms with Crippen LogP contribution in [0.25, 0.3) is 0 Å². The molecule has 0 saturated heterocycles. The number of carbonyl (C=O) groups is 2. The molecule has 9 heteroatoms. The third kappa shape index (κ3) is 5.50. The first kappa shape index (κ1) is 18.9. The fourth-order valence-corrected chi connectivity index (χ4v) is 1.57. The van der Waals surface area contributed by atoms with Gasteiger partial charge in [-0.2, -0.15) is 22.0 Å². The van der Waals surface area contributed by atoms with Gasteiger partial charge in [0.15, 0.2) is 0 Å². The maximum absolute atomic E-state index is 13.4. The van der Waals surface area contributed by atoms with Crippen LogP contribution in [0, 0.1) is 0 Å². The van der Waals surface area contributed by atoms with Crippen LogP contribution in [0.4, 0.5) is 22.0 Å². The van der Waals surface area contributed by atoms with Gasteiger partial charge in [0.05, 0.1) is 13.7 Å². The van der Waals surface area contributed by atoms with E-state index in [0.29, 0.717) is 0 Å². The summed E-state index contributed by atoms with van der Waals surface area (Å²) in [6, 6.07) is 4.26. The van der Waals surface area contributed by atoms with E-state index in [1.807, 2.05) is 0 Å². The first-order valence-corrected chi connectivity index (χ1v) is 6.38. The van der Waals surface area contributed by atoms with Gasteiger partial charge in [0.1, 0.15) is 5.75 Å². The Morgan fingerprint density at radius 3 is 2.09 bits per heavy atom. The molecule has 1 aromatic rings. The van der Waals surface area contributed by atoms with Crippen LogP contribution in [0.5, 0.6) is 5.75 Å². The van der Waals surface area contributed by atoms with E-state index < -0.39 is 35.8 Å². The summed E-state index contributed by atoms with van der Waals surface area (Å²) < 4.78 is 71.4. The van der Waals surface area contributed by atoms with E-state index in [0.717, 1.165) is 31.4 Å². The molecule has 0 N–H and O–H groups in total. The van der Waals surface area contributed by atoms with E-state index in [1.165, 1.54) is 0 Å². The second-order valence-electron chi connectivity index (χ2n) is 4.49. The second kappa shape index (κ2) is 7.38. The van der Waals surface area contributed by atoms with Gasteiger partial charge < -0.3 is 9.47 Å². The number of benzene rings is 1. The molecule has 0 aromatic heterocycles. The lowest BCUT2D eigenvalue weighted by molar-refractivity contribution is -0.161.